The molecule has 86 valence electrons. The average Bonchev–Trinajstić information content (AvgIpc) is 2.53. The number of fused-ring (bicyclic) bond motifs is 1. The van der Waals surface area contributed by atoms with Crippen LogP contribution >= 0.6 is 11.6 Å². The fourth-order valence-electron chi connectivity index (χ4n) is 1.49. The minimum absolute atomic E-state index is 0.245. The third-order valence-corrected chi connectivity index (χ3v) is 2.64. The molecule has 0 aliphatic carbocycles. The van der Waals surface area contributed by atoms with Crippen LogP contribution in [0.25, 0.3) is 11.2 Å². The third kappa shape index (κ3) is 1.46. The second-order valence-electron chi connectivity index (χ2n) is 3.30. The molecule has 0 N–H and O–H groups in total. The summed E-state index contributed by atoms with van der Waals surface area (Å²) in [6, 6.07) is 0.245. The van der Waals surface area contributed by atoms with E-state index < -0.39 is 5.56 Å². The Morgan fingerprint density at radius 3 is 2.62 bits per heavy atom. The van der Waals surface area contributed by atoms with Crippen molar-refractivity contribution in [3.63, 3.8) is 0 Å². The summed E-state index contributed by atoms with van der Waals surface area (Å²) < 4.78 is 8.34. The largest absolute Gasteiger partial charge is 0.465 e. The number of aromatic nitrogens is 4. The van der Waals surface area contributed by atoms with E-state index in [1.807, 2.05) is 6.92 Å². The van der Waals surface area contributed by atoms with Crippen molar-refractivity contribution in [2.75, 3.05) is 6.61 Å². The van der Waals surface area contributed by atoms with E-state index >= 15 is 0 Å². The lowest BCUT2D eigenvalue weighted by atomic mass is 10.5. The van der Waals surface area contributed by atoms with Crippen LogP contribution in [-0.2, 0) is 14.1 Å². The van der Waals surface area contributed by atoms with Crippen molar-refractivity contribution in [1.82, 2.24) is 19.1 Å². The summed E-state index contributed by atoms with van der Waals surface area (Å²) in [4.78, 5) is 19.7. The molecular weight excluding hydrogens is 232 g/mol. The van der Waals surface area contributed by atoms with E-state index in [1.54, 1.807) is 18.7 Å². The molecule has 2 rings (SSSR count). The first-order valence-electron chi connectivity index (χ1n) is 4.78. The van der Waals surface area contributed by atoms with E-state index in [4.69, 9.17) is 16.3 Å². The third-order valence-electron chi connectivity index (χ3n) is 2.30. The molecule has 2 aromatic heterocycles. The predicted octanol–water partition coefficient (Wildman–Crippen LogP) is 0.719. The summed E-state index contributed by atoms with van der Waals surface area (Å²) in [6.45, 7) is 2.26. The van der Waals surface area contributed by atoms with Gasteiger partial charge in [0.2, 0.25) is 5.28 Å². The van der Waals surface area contributed by atoms with Gasteiger partial charge in [0.15, 0.2) is 11.2 Å². The standard InChI is InChI=1S/C9H11ClN4O2/c1-4-16-9-12-7(15)5-6(14(9)3)11-8(10)13(5)2/h4H2,1-3H3. The maximum atomic E-state index is 11.7. The van der Waals surface area contributed by atoms with Gasteiger partial charge in [-0.3, -0.25) is 9.36 Å². The van der Waals surface area contributed by atoms with Crippen LogP contribution in [0.15, 0.2) is 4.79 Å². The van der Waals surface area contributed by atoms with Crippen molar-refractivity contribution in [2.45, 2.75) is 6.92 Å². The number of imidazole rings is 1. The smallest absolute Gasteiger partial charge is 0.302 e. The molecule has 0 amide bonds. The van der Waals surface area contributed by atoms with Crippen molar-refractivity contribution in [3.8, 4) is 6.01 Å². The minimum Gasteiger partial charge on any atom is -0.465 e. The number of hydrogen-bond donors (Lipinski definition) is 0. The van der Waals surface area contributed by atoms with E-state index in [0.717, 1.165) is 0 Å². The molecule has 0 unspecified atom stereocenters. The molecule has 2 heterocycles. The van der Waals surface area contributed by atoms with Gasteiger partial charge in [0.05, 0.1) is 6.61 Å². The van der Waals surface area contributed by atoms with Crippen LogP contribution in [0.5, 0.6) is 6.01 Å². The van der Waals surface area contributed by atoms with Crippen LogP contribution in [0.1, 0.15) is 6.92 Å². The first-order chi connectivity index (χ1) is 7.56. The van der Waals surface area contributed by atoms with Crippen molar-refractivity contribution < 1.29 is 4.74 Å². The second kappa shape index (κ2) is 3.79. The summed E-state index contributed by atoms with van der Waals surface area (Å²) in [7, 11) is 3.39. The van der Waals surface area contributed by atoms with Gasteiger partial charge in [0, 0.05) is 14.1 Å². The first kappa shape index (κ1) is 10.9. The van der Waals surface area contributed by atoms with Gasteiger partial charge in [-0.15, -0.1) is 0 Å². The molecule has 0 aromatic carbocycles. The van der Waals surface area contributed by atoms with Crippen LogP contribution in [-0.4, -0.2) is 25.7 Å². The van der Waals surface area contributed by atoms with E-state index in [-0.39, 0.29) is 11.3 Å². The van der Waals surface area contributed by atoms with E-state index in [2.05, 4.69) is 9.97 Å². The number of halogens is 1. The van der Waals surface area contributed by atoms with Gasteiger partial charge in [-0.25, -0.2) is 0 Å². The molecule has 0 saturated carbocycles. The van der Waals surface area contributed by atoms with Crippen molar-refractivity contribution >= 4 is 22.8 Å². The highest BCUT2D eigenvalue weighted by atomic mass is 35.5. The highest BCUT2D eigenvalue weighted by Gasteiger charge is 2.15. The Labute approximate surface area is 96.4 Å². The van der Waals surface area contributed by atoms with Crippen LogP contribution in [0, 0.1) is 0 Å². The summed E-state index contributed by atoms with van der Waals surface area (Å²) in [6.07, 6.45) is 0. The Kier molecular flexibility index (Phi) is 2.59. The van der Waals surface area contributed by atoms with Gasteiger partial charge in [-0.05, 0) is 18.5 Å². The summed E-state index contributed by atoms with van der Waals surface area (Å²) >= 11 is 5.86. The maximum absolute atomic E-state index is 11.7. The lowest BCUT2D eigenvalue weighted by Crippen LogP contribution is -2.16. The molecule has 0 bridgehead atoms. The molecule has 0 fully saturated rings. The van der Waals surface area contributed by atoms with Crippen molar-refractivity contribution in [2.24, 2.45) is 14.1 Å². The topological polar surface area (TPSA) is 61.9 Å². The normalized spacial score (nSPS) is 11.0. The number of hydrogen-bond acceptors (Lipinski definition) is 4. The van der Waals surface area contributed by atoms with Crippen molar-refractivity contribution in [3.05, 3.63) is 15.6 Å². The summed E-state index contributed by atoms with van der Waals surface area (Å²) in [5.74, 6) is 0. The predicted molar refractivity (Wildman–Crippen MR) is 59.9 cm³/mol. The second-order valence-corrected chi connectivity index (χ2v) is 3.64. The zero-order valence-corrected chi connectivity index (χ0v) is 9.95. The Balaban J connectivity index is 2.85. The lowest BCUT2D eigenvalue weighted by molar-refractivity contribution is 0.299. The number of rotatable bonds is 2. The number of nitrogens with zero attached hydrogens (tertiary/aromatic N) is 4. The van der Waals surface area contributed by atoms with Crippen LogP contribution < -0.4 is 10.3 Å². The lowest BCUT2D eigenvalue weighted by Gasteiger charge is -2.07. The Morgan fingerprint density at radius 1 is 1.31 bits per heavy atom. The molecule has 7 heteroatoms. The molecule has 2 aromatic rings. The van der Waals surface area contributed by atoms with Gasteiger partial charge in [-0.1, -0.05) is 0 Å². The quantitative estimate of drug-likeness (QED) is 0.728. The zero-order valence-electron chi connectivity index (χ0n) is 9.19. The van der Waals surface area contributed by atoms with E-state index in [1.165, 1.54) is 4.57 Å². The molecule has 6 nitrogen and oxygen atoms in total. The zero-order chi connectivity index (χ0) is 11.9. The van der Waals surface area contributed by atoms with E-state index in [0.29, 0.717) is 17.8 Å². The molecular formula is C9H11ClN4O2. The van der Waals surface area contributed by atoms with Gasteiger partial charge >= 0.3 is 11.6 Å². The minimum atomic E-state index is -0.390. The van der Waals surface area contributed by atoms with Crippen LogP contribution in [0.4, 0.5) is 0 Å². The first-order valence-corrected chi connectivity index (χ1v) is 5.15. The highest BCUT2D eigenvalue weighted by Crippen LogP contribution is 2.17. The summed E-state index contributed by atoms with van der Waals surface area (Å²) in [5.41, 5.74) is 0.449. The number of ether oxygens (including phenoxy) is 1. The van der Waals surface area contributed by atoms with Crippen molar-refractivity contribution in [1.29, 1.82) is 0 Å². The Morgan fingerprint density at radius 2 is 2.00 bits per heavy atom. The van der Waals surface area contributed by atoms with Crippen LogP contribution in [0.3, 0.4) is 0 Å². The van der Waals surface area contributed by atoms with Gasteiger partial charge in [0.1, 0.15) is 0 Å². The summed E-state index contributed by atoms with van der Waals surface area (Å²) in [5, 5.41) is 0.248. The highest BCUT2D eigenvalue weighted by molar-refractivity contribution is 6.29. The Hall–Kier alpha value is -1.56. The molecule has 0 atom stereocenters. The maximum Gasteiger partial charge on any atom is 0.302 e. The fraction of sp³-hybridized carbons (Fsp3) is 0.444. The van der Waals surface area contributed by atoms with Crippen LogP contribution in [0.2, 0.25) is 5.28 Å². The Bertz CT molecular complexity index is 602. The van der Waals surface area contributed by atoms with Gasteiger partial charge in [0.25, 0.3) is 0 Å². The molecule has 0 spiro atoms. The average molecular weight is 243 g/mol. The molecule has 0 aliphatic heterocycles. The van der Waals surface area contributed by atoms with Gasteiger partial charge < -0.3 is 9.30 Å². The molecule has 0 radical (unpaired) electrons. The molecule has 0 saturated heterocycles. The number of aryl methyl sites for hydroxylation is 2. The monoisotopic (exact) mass is 242 g/mol. The molecule has 0 aliphatic rings. The van der Waals surface area contributed by atoms with Gasteiger partial charge in [-0.2, -0.15) is 9.97 Å². The SMILES string of the molecule is CCOc1nc(=O)c2c(nc(Cl)n2C)n1C. The molecule has 16 heavy (non-hydrogen) atoms. The van der Waals surface area contributed by atoms with E-state index in [9.17, 15) is 4.79 Å². The fourth-order valence-corrected chi connectivity index (χ4v) is 1.66.